The molecule has 0 unspecified atom stereocenters. The molecule has 1 saturated carbocycles. The highest BCUT2D eigenvalue weighted by Gasteiger charge is 2.31. The summed E-state index contributed by atoms with van der Waals surface area (Å²) in [5.41, 5.74) is 0.823. The number of hydrogen-bond donors (Lipinski definition) is 1. The maximum atomic E-state index is 12.7. The van der Waals surface area contributed by atoms with Crippen LogP contribution in [0.3, 0.4) is 0 Å². The molecule has 0 atom stereocenters. The van der Waals surface area contributed by atoms with Crippen molar-refractivity contribution in [3.8, 4) is 0 Å². The van der Waals surface area contributed by atoms with E-state index in [0.29, 0.717) is 5.69 Å². The number of alkyl halides is 3. The van der Waals surface area contributed by atoms with Gasteiger partial charge in [-0.1, -0.05) is 6.07 Å². The summed E-state index contributed by atoms with van der Waals surface area (Å²) in [5.74, 6) is 0. The zero-order chi connectivity index (χ0) is 14.8. The third-order valence-electron chi connectivity index (χ3n) is 3.93. The van der Waals surface area contributed by atoms with E-state index in [9.17, 15) is 13.2 Å². The summed E-state index contributed by atoms with van der Waals surface area (Å²) in [6.45, 7) is 1.82. The van der Waals surface area contributed by atoms with Crippen LogP contribution in [0.2, 0.25) is 0 Å². The number of anilines is 1. The average Bonchev–Trinajstić information content (AvgIpc) is 2.41. The quantitative estimate of drug-likeness (QED) is 0.890. The summed E-state index contributed by atoms with van der Waals surface area (Å²) >= 11 is 0. The van der Waals surface area contributed by atoms with Crippen molar-refractivity contribution >= 4 is 5.69 Å². The molecular formula is C15H20F3NO. The highest BCUT2D eigenvalue weighted by atomic mass is 19.4. The lowest BCUT2D eigenvalue weighted by Crippen LogP contribution is -2.29. The van der Waals surface area contributed by atoms with Crippen molar-refractivity contribution in [3.63, 3.8) is 0 Å². The lowest BCUT2D eigenvalue weighted by Gasteiger charge is -2.29. The van der Waals surface area contributed by atoms with Gasteiger partial charge >= 0.3 is 6.18 Å². The molecule has 2 rings (SSSR count). The van der Waals surface area contributed by atoms with Crippen LogP contribution < -0.4 is 5.32 Å². The van der Waals surface area contributed by atoms with Crippen molar-refractivity contribution in [2.24, 2.45) is 0 Å². The molecule has 0 aliphatic heterocycles. The number of methoxy groups -OCH3 is 1. The molecule has 1 aromatic rings. The third kappa shape index (κ3) is 3.66. The number of aryl methyl sites for hydroxylation is 1. The molecule has 0 bridgehead atoms. The van der Waals surface area contributed by atoms with E-state index in [1.54, 1.807) is 7.11 Å². The van der Waals surface area contributed by atoms with Crippen LogP contribution >= 0.6 is 0 Å². The van der Waals surface area contributed by atoms with Crippen molar-refractivity contribution in [2.75, 3.05) is 12.4 Å². The van der Waals surface area contributed by atoms with Crippen LogP contribution in [0.5, 0.6) is 0 Å². The second-order valence-electron chi connectivity index (χ2n) is 5.38. The topological polar surface area (TPSA) is 21.3 Å². The van der Waals surface area contributed by atoms with Gasteiger partial charge in [-0.3, -0.25) is 0 Å². The third-order valence-corrected chi connectivity index (χ3v) is 3.93. The van der Waals surface area contributed by atoms with E-state index in [1.807, 2.05) is 6.92 Å². The number of nitrogens with one attached hydrogen (secondary N) is 1. The second-order valence-corrected chi connectivity index (χ2v) is 5.38. The van der Waals surface area contributed by atoms with Crippen molar-refractivity contribution < 1.29 is 17.9 Å². The molecule has 0 heterocycles. The van der Waals surface area contributed by atoms with E-state index in [2.05, 4.69) is 5.32 Å². The van der Waals surface area contributed by atoms with Crippen LogP contribution in [0.1, 0.15) is 36.8 Å². The highest BCUT2D eigenvalue weighted by molar-refractivity contribution is 5.53. The average molecular weight is 287 g/mol. The smallest absolute Gasteiger partial charge is 0.382 e. The number of ether oxygens (including phenoxy) is 1. The fraction of sp³-hybridized carbons (Fsp3) is 0.600. The molecule has 0 radical (unpaired) electrons. The van der Waals surface area contributed by atoms with Gasteiger partial charge < -0.3 is 10.1 Å². The minimum absolute atomic E-state index is 0.226. The van der Waals surface area contributed by atoms with Crippen LogP contribution in [-0.2, 0) is 10.9 Å². The molecule has 0 aromatic heterocycles. The summed E-state index contributed by atoms with van der Waals surface area (Å²) in [6, 6.07) is 4.08. The summed E-state index contributed by atoms with van der Waals surface area (Å²) < 4.78 is 43.5. The van der Waals surface area contributed by atoms with Gasteiger partial charge in [-0.25, -0.2) is 0 Å². The largest absolute Gasteiger partial charge is 0.416 e. The van der Waals surface area contributed by atoms with Crippen LogP contribution in [-0.4, -0.2) is 19.3 Å². The fourth-order valence-electron chi connectivity index (χ4n) is 2.62. The molecule has 1 aliphatic carbocycles. The van der Waals surface area contributed by atoms with E-state index in [-0.39, 0.29) is 12.1 Å². The predicted octanol–water partition coefficient (Wildman–Crippen LogP) is 4.38. The first-order valence-corrected chi connectivity index (χ1v) is 6.87. The summed E-state index contributed by atoms with van der Waals surface area (Å²) in [4.78, 5) is 0. The first kappa shape index (κ1) is 15.2. The lowest BCUT2D eigenvalue weighted by molar-refractivity contribution is -0.137. The second kappa shape index (κ2) is 6.04. The molecule has 0 amide bonds. The Morgan fingerprint density at radius 3 is 2.35 bits per heavy atom. The monoisotopic (exact) mass is 287 g/mol. The lowest BCUT2D eigenvalue weighted by atomic mass is 9.92. The van der Waals surface area contributed by atoms with E-state index in [1.165, 1.54) is 12.1 Å². The van der Waals surface area contributed by atoms with E-state index in [4.69, 9.17) is 4.74 Å². The zero-order valence-corrected chi connectivity index (χ0v) is 11.8. The van der Waals surface area contributed by atoms with Gasteiger partial charge in [-0.15, -0.1) is 0 Å². The Balaban J connectivity index is 2.06. The Morgan fingerprint density at radius 1 is 1.15 bits per heavy atom. The van der Waals surface area contributed by atoms with Crippen molar-refractivity contribution in [3.05, 3.63) is 29.3 Å². The Morgan fingerprint density at radius 2 is 1.80 bits per heavy atom. The van der Waals surface area contributed by atoms with Gasteiger partial charge in [0.1, 0.15) is 0 Å². The van der Waals surface area contributed by atoms with E-state index in [0.717, 1.165) is 37.3 Å². The molecule has 5 heteroatoms. The van der Waals surface area contributed by atoms with Gasteiger partial charge in [0.15, 0.2) is 0 Å². The van der Waals surface area contributed by atoms with Gasteiger partial charge in [-0.2, -0.15) is 13.2 Å². The van der Waals surface area contributed by atoms with Crippen molar-refractivity contribution in [1.29, 1.82) is 0 Å². The highest BCUT2D eigenvalue weighted by Crippen LogP contribution is 2.33. The van der Waals surface area contributed by atoms with Gasteiger partial charge in [0.25, 0.3) is 0 Å². The molecule has 1 fully saturated rings. The summed E-state index contributed by atoms with van der Waals surface area (Å²) in [6.07, 6.45) is -0.255. The Bertz CT molecular complexity index is 451. The maximum absolute atomic E-state index is 12.7. The molecule has 2 nitrogen and oxygen atoms in total. The minimum Gasteiger partial charge on any atom is -0.382 e. The van der Waals surface area contributed by atoms with Gasteiger partial charge in [0.2, 0.25) is 0 Å². The summed E-state index contributed by atoms with van der Waals surface area (Å²) in [5, 5.41) is 3.25. The number of rotatable bonds is 3. The molecule has 0 spiro atoms. The maximum Gasteiger partial charge on any atom is 0.416 e. The first-order valence-electron chi connectivity index (χ1n) is 6.87. The molecule has 1 aromatic carbocycles. The standard InChI is InChI=1S/C15H20F3NO/c1-10-3-4-11(15(16,17)18)9-14(10)19-12-5-7-13(20-2)8-6-12/h3-4,9,12-13,19H,5-8H2,1-2H3. The fourth-order valence-corrected chi connectivity index (χ4v) is 2.62. The SMILES string of the molecule is COC1CCC(Nc2cc(C(F)(F)F)ccc2C)CC1. The Kier molecular flexibility index (Phi) is 4.58. The normalized spacial score (nSPS) is 23.6. The molecule has 1 aliphatic rings. The van der Waals surface area contributed by atoms with Crippen molar-refractivity contribution in [2.45, 2.75) is 50.9 Å². The van der Waals surface area contributed by atoms with Gasteiger partial charge in [0.05, 0.1) is 11.7 Å². The molecule has 112 valence electrons. The Labute approximate surface area is 117 Å². The molecular weight excluding hydrogens is 267 g/mol. The molecule has 0 saturated heterocycles. The van der Waals surface area contributed by atoms with Gasteiger partial charge in [-0.05, 0) is 50.3 Å². The minimum atomic E-state index is -4.29. The number of halogens is 3. The first-order chi connectivity index (χ1) is 9.40. The molecule has 1 N–H and O–H groups in total. The van der Waals surface area contributed by atoms with E-state index < -0.39 is 11.7 Å². The van der Waals surface area contributed by atoms with Crippen LogP contribution in [0.4, 0.5) is 18.9 Å². The van der Waals surface area contributed by atoms with Crippen LogP contribution in [0.25, 0.3) is 0 Å². The number of hydrogen-bond acceptors (Lipinski definition) is 2. The number of benzene rings is 1. The summed E-state index contributed by atoms with van der Waals surface area (Å²) in [7, 11) is 1.70. The predicted molar refractivity (Wildman–Crippen MR) is 72.9 cm³/mol. The van der Waals surface area contributed by atoms with E-state index >= 15 is 0 Å². The Hall–Kier alpha value is -1.23. The van der Waals surface area contributed by atoms with Crippen LogP contribution in [0.15, 0.2) is 18.2 Å². The molecule has 20 heavy (non-hydrogen) atoms. The van der Waals surface area contributed by atoms with Crippen molar-refractivity contribution in [1.82, 2.24) is 0 Å². The zero-order valence-electron chi connectivity index (χ0n) is 11.8. The van der Waals surface area contributed by atoms with Gasteiger partial charge in [0, 0.05) is 18.8 Å². The van der Waals surface area contributed by atoms with Crippen LogP contribution in [0, 0.1) is 6.92 Å².